The molecule has 1 saturated heterocycles. The van der Waals surface area contributed by atoms with Crippen molar-refractivity contribution in [1.82, 2.24) is 9.88 Å². The highest BCUT2D eigenvalue weighted by Gasteiger charge is 2.40. The molecule has 8 heteroatoms. The molecule has 2 aliphatic rings. The van der Waals surface area contributed by atoms with E-state index >= 15 is 0 Å². The number of rotatable bonds is 4. The van der Waals surface area contributed by atoms with E-state index in [-0.39, 0.29) is 17.6 Å². The van der Waals surface area contributed by atoms with Gasteiger partial charge in [0.25, 0.3) is 5.69 Å². The predicted octanol–water partition coefficient (Wildman–Crippen LogP) is 1.66. The minimum Gasteiger partial charge on any atom is -0.365 e. The van der Waals surface area contributed by atoms with Crippen LogP contribution in [-0.2, 0) is 4.79 Å². The van der Waals surface area contributed by atoms with E-state index in [0.717, 1.165) is 38.5 Å². The number of nitrogens with zero attached hydrogens (tertiary/aromatic N) is 3. The number of carbonyl (C=O) groups excluding carboxylic acids is 1. The van der Waals surface area contributed by atoms with Gasteiger partial charge in [-0.25, -0.2) is 4.98 Å². The first-order valence-electron chi connectivity index (χ1n) is 8.43. The van der Waals surface area contributed by atoms with Crippen molar-refractivity contribution in [3.05, 3.63) is 28.4 Å². The largest absolute Gasteiger partial charge is 0.365 e. The zero-order valence-corrected chi connectivity index (χ0v) is 13.6. The number of nitro groups is 1. The second-order valence-corrected chi connectivity index (χ2v) is 6.76. The van der Waals surface area contributed by atoms with E-state index in [4.69, 9.17) is 5.73 Å². The molecule has 1 unspecified atom stereocenters. The first kappa shape index (κ1) is 16.6. The first-order chi connectivity index (χ1) is 11.5. The van der Waals surface area contributed by atoms with E-state index in [1.807, 2.05) is 4.90 Å². The van der Waals surface area contributed by atoms with Gasteiger partial charge in [0.2, 0.25) is 5.91 Å². The van der Waals surface area contributed by atoms with Gasteiger partial charge in [-0.05, 0) is 25.3 Å². The molecule has 1 atom stereocenters. The Morgan fingerprint density at radius 1 is 1.38 bits per heavy atom. The van der Waals surface area contributed by atoms with Crippen molar-refractivity contribution in [3.8, 4) is 0 Å². The second-order valence-electron chi connectivity index (χ2n) is 6.76. The van der Waals surface area contributed by atoms with Gasteiger partial charge in [-0.15, -0.1) is 0 Å². The van der Waals surface area contributed by atoms with Crippen molar-refractivity contribution in [2.75, 3.05) is 18.4 Å². The Morgan fingerprint density at radius 2 is 2.12 bits per heavy atom. The lowest BCUT2D eigenvalue weighted by Gasteiger charge is -2.35. The zero-order chi connectivity index (χ0) is 17.2. The molecule has 0 bridgehead atoms. The number of nitrogens with one attached hydrogen (secondary N) is 1. The molecule has 24 heavy (non-hydrogen) atoms. The fourth-order valence-corrected chi connectivity index (χ4v) is 3.56. The van der Waals surface area contributed by atoms with E-state index < -0.39 is 10.5 Å². The normalized spacial score (nSPS) is 23.0. The molecule has 8 nitrogen and oxygen atoms in total. The van der Waals surface area contributed by atoms with E-state index in [1.54, 1.807) is 6.07 Å². The van der Waals surface area contributed by atoms with E-state index in [9.17, 15) is 14.9 Å². The number of hydrogen-bond acceptors (Lipinski definition) is 6. The molecule has 2 heterocycles. The van der Waals surface area contributed by atoms with Gasteiger partial charge >= 0.3 is 0 Å². The number of anilines is 1. The Labute approximate surface area is 140 Å². The van der Waals surface area contributed by atoms with Gasteiger partial charge in [0, 0.05) is 25.2 Å². The van der Waals surface area contributed by atoms with Gasteiger partial charge < -0.3 is 16.0 Å². The van der Waals surface area contributed by atoms with Crippen LogP contribution in [0.3, 0.4) is 0 Å². The van der Waals surface area contributed by atoms with Crippen LogP contribution in [0, 0.1) is 10.1 Å². The highest BCUT2D eigenvalue weighted by molar-refractivity contribution is 5.86. The molecular weight excluding hydrogens is 310 g/mol. The minimum atomic E-state index is -0.696. The van der Waals surface area contributed by atoms with Gasteiger partial charge in [-0.2, -0.15) is 0 Å². The first-order valence-corrected chi connectivity index (χ1v) is 8.43. The number of pyridine rings is 1. The summed E-state index contributed by atoms with van der Waals surface area (Å²) in [5.74, 6) is 0.642. The third-order valence-corrected chi connectivity index (χ3v) is 4.96. The Morgan fingerprint density at radius 3 is 2.75 bits per heavy atom. The van der Waals surface area contributed by atoms with E-state index in [2.05, 4.69) is 10.3 Å². The molecule has 130 valence electrons. The van der Waals surface area contributed by atoms with Crippen LogP contribution in [0.5, 0.6) is 0 Å². The molecule has 1 amide bonds. The standard InChI is InChI=1S/C16H23N5O3/c17-16(7-2-1-3-8-16)15(22)20-9-6-12(11-20)19-14-5-4-13(10-18-14)21(23)24/h4-5,10,12H,1-3,6-9,11,17H2,(H,18,19). The van der Waals surface area contributed by atoms with Crippen LogP contribution < -0.4 is 11.1 Å². The number of hydrogen-bond donors (Lipinski definition) is 2. The molecule has 3 rings (SSSR count). The average molecular weight is 333 g/mol. The van der Waals surface area contributed by atoms with Crippen molar-refractivity contribution < 1.29 is 9.72 Å². The molecule has 1 aliphatic heterocycles. The highest BCUT2D eigenvalue weighted by atomic mass is 16.6. The number of amides is 1. The Bertz CT molecular complexity index is 613. The van der Waals surface area contributed by atoms with Gasteiger partial charge in [-0.3, -0.25) is 14.9 Å². The van der Waals surface area contributed by atoms with Crippen LogP contribution in [-0.4, -0.2) is 45.4 Å². The van der Waals surface area contributed by atoms with E-state index in [1.165, 1.54) is 12.3 Å². The molecule has 0 spiro atoms. The molecule has 1 aliphatic carbocycles. The van der Waals surface area contributed by atoms with Crippen LogP contribution in [0.2, 0.25) is 0 Å². The lowest BCUT2D eigenvalue weighted by atomic mass is 9.81. The monoisotopic (exact) mass is 333 g/mol. The molecule has 0 aromatic carbocycles. The smallest absolute Gasteiger partial charge is 0.287 e. The lowest BCUT2D eigenvalue weighted by Crippen LogP contribution is -2.56. The van der Waals surface area contributed by atoms with Gasteiger partial charge in [0.05, 0.1) is 10.5 Å². The van der Waals surface area contributed by atoms with Crippen molar-refractivity contribution in [2.45, 2.75) is 50.1 Å². The number of carbonyl (C=O) groups is 1. The fourth-order valence-electron chi connectivity index (χ4n) is 3.56. The SMILES string of the molecule is NC1(C(=O)N2CCC(Nc3ccc([N+](=O)[O-])cn3)C2)CCCCC1. The van der Waals surface area contributed by atoms with Gasteiger partial charge in [0.1, 0.15) is 12.0 Å². The predicted molar refractivity (Wildman–Crippen MR) is 89.5 cm³/mol. The quantitative estimate of drug-likeness (QED) is 0.640. The summed E-state index contributed by atoms with van der Waals surface area (Å²) in [5, 5.41) is 13.9. The molecule has 1 aromatic rings. The number of nitrogens with two attached hydrogens (primary N) is 1. The Hall–Kier alpha value is -2.22. The summed E-state index contributed by atoms with van der Waals surface area (Å²) in [6.45, 7) is 1.28. The summed E-state index contributed by atoms with van der Waals surface area (Å²) in [6, 6.07) is 3.10. The molecule has 2 fully saturated rings. The van der Waals surface area contributed by atoms with Crippen LogP contribution in [0.15, 0.2) is 18.3 Å². The van der Waals surface area contributed by atoms with Crippen molar-refractivity contribution in [1.29, 1.82) is 0 Å². The lowest BCUT2D eigenvalue weighted by molar-refractivity contribution is -0.385. The number of aromatic nitrogens is 1. The van der Waals surface area contributed by atoms with Crippen molar-refractivity contribution in [3.63, 3.8) is 0 Å². The summed E-state index contributed by atoms with van der Waals surface area (Å²) in [4.78, 5) is 28.8. The summed E-state index contributed by atoms with van der Waals surface area (Å²) in [5.41, 5.74) is 5.61. The van der Waals surface area contributed by atoms with Crippen molar-refractivity contribution in [2.24, 2.45) is 5.73 Å². The summed E-state index contributed by atoms with van der Waals surface area (Å²) in [7, 11) is 0. The molecule has 1 aromatic heterocycles. The second kappa shape index (κ2) is 6.72. The zero-order valence-electron chi connectivity index (χ0n) is 13.6. The highest BCUT2D eigenvalue weighted by Crippen LogP contribution is 2.29. The summed E-state index contributed by atoms with van der Waals surface area (Å²) < 4.78 is 0. The minimum absolute atomic E-state index is 0.0360. The molecule has 3 N–H and O–H groups in total. The molecular formula is C16H23N5O3. The van der Waals surface area contributed by atoms with Crippen molar-refractivity contribution >= 4 is 17.4 Å². The number of likely N-dealkylation sites (tertiary alicyclic amines) is 1. The fraction of sp³-hybridized carbons (Fsp3) is 0.625. The molecule has 0 radical (unpaired) electrons. The maximum absolute atomic E-state index is 12.7. The Kier molecular flexibility index (Phi) is 4.66. The van der Waals surface area contributed by atoms with Crippen LogP contribution in [0.4, 0.5) is 11.5 Å². The average Bonchev–Trinajstić information content (AvgIpc) is 3.03. The van der Waals surface area contributed by atoms with Gasteiger partial charge in [-0.1, -0.05) is 19.3 Å². The third kappa shape index (κ3) is 3.48. The molecule has 1 saturated carbocycles. The van der Waals surface area contributed by atoms with Crippen LogP contribution in [0.25, 0.3) is 0 Å². The maximum atomic E-state index is 12.7. The summed E-state index contributed by atoms with van der Waals surface area (Å²) >= 11 is 0. The topological polar surface area (TPSA) is 114 Å². The van der Waals surface area contributed by atoms with E-state index in [0.29, 0.717) is 18.9 Å². The van der Waals surface area contributed by atoms with Crippen LogP contribution in [0.1, 0.15) is 38.5 Å². The van der Waals surface area contributed by atoms with Gasteiger partial charge in [0.15, 0.2) is 0 Å². The van der Waals surface area contributed by atoms with Crippen LogP contribution >= 0.6 is 0 Å². The maximum Gasteiger partial charge on any atom is 0.287 e. The Balaban J connectivity index is 1.57. The summed E-state index contributed by atoms with van der Waals surface area (Å²) in [6.07, 6.45) is 6.78. The third-order valence-electron chi connectivity index (χ3n) is 4.96.